The van der Waals surface area contributed by atoms with E-state index >= 15 is 0 Å². The van der Waals surface area contributed by atoms with Gasteiger partial charge < -0.3 is 5.32 Å². The first-order chi connectivity index (χ1) is 9.26. The lowest BCUT2D eigenvalue weighted by Crippen LogP contribution is -2.47. The van der Waals surface area contributed by atoms with E-state index in [1.807, 2.05) is 36.3 Å². The fraction of sp³-hybridized carbons (Fsp3) is 0.600. The maximum atomic E-state index is 4.71. The number of nitrogens with one attached hydrogen (secondary N) is 1. The molecule has 102 valence electrons. The van der Waals surface area contributed by atoms with Crippen LogP contribution in [0.1, 0.15) is 38.2 Å². The van der Waals surface area contributed by atoms with Crippen molar-refractivity contribution in [3.8, 4) is 0 Å². The highest BCUT2D eigenvalue weighted by molar-refractivity contribution is 8.14. The molecule has 3 rings (SSSR count). The quantitative estimate of drug-likeness (QED) is 0.900. The van der Waals surface area contributed by atoms with Crippen LogP contribution in [0.5, 0.6) is 0 Å². The summed E-state index contributed by atoms with van der Waals surface area (Å²) in [5.74, 6) is 2.04. The van der Waals surface area contributed by atoms with Gasteiger partial charge in [-0.05, 0) is 36.5 Å². The minimum atomic E-state index is 0.333. The van der Waals surface area contributed by atoms with Crippen LogP contribution in [0.25, 0.3) is 0 Å². The second-order valence-corrected chi connectivity index (χ2v) is 6.84. The van der Waals surface area contributed by atoms with E-state index in [1.54, 1.807) is 0 Å². The van der Waals surface area contributed by atoms with E-state index in [0.29, 0.717) is 5.54 Å². The molecule has 1 spiro atoms. The Labute approximate surface area is 119 Å². The van der Waals surface area contributed by atoms with Crippen molar-refractivity contribution < 1.29 is 0 Å². The van der Waals surface area contributed by atoms with Gasteiger partial charge in [0.2, 0.25) is 0 Å². The molecule has 2 aliphatic rings. The Kier molecular flexibility index (Phi) is 3.78. The Morgan fingerprint density at radius 1 is 1.47 bits per heavy atom. The molecule has 1 aliphatic heterocycles. The summed E-state index contributed by atoms with van der Waals surface area (Å²) >= 11 is 1.89. The zero-order valence-electron chi connectivity index (χ0n) is 11.4. The van der Waals surface area contributed by atoms with Crippen molar-refractivity contribution in [2.75, 3.05) is 5.75 Å². The number of rotatable bonds is 2. The molecule has 4 heteroatoms. The first-order valence-corrected chi connectivity index (χ1v) is 8.09. The second-order valence-electron chi connectivity index (χ2n) is 5.87. The Balaban J connectivity index is 1.62. The van der Waals surface area contributed by atoms with Gasteiger partial charge in [-0.1, -0.05) is 31.5 Å². The van der Waals surface area contributed by atoms with E-state index < -0.39 is 0 Å². The summed E-state index contributed by atoms with van der Waals surface area (Å²) in [5, 5.41) is 4.83. The van der Waals surface area contributed by atoms with Crippen molar-refractivity contribution in [3.63, 3.8) is 0 Å². The third-order valence-corrected chi connectivity index (χ3v) is 5.30. The highest BCUT2D eigenvalue weighted by atomic mass is 32.2. The van der Waals surface area contributed by atoms with E-state index in [2.05, 4.69) is 17.2 Å². The van der Waals surface area contributed by atoms with Gasteiger partial charge in [0.05, 0.1) is 6.54 Å². The number of hydrogen-bond donors (Lipinski definition) is 1. The summed E-state index contributed by atoms with van der Waals surface area (Å²) in [6.07, 6.45) is 9.00. The fourth-order valence-corrected chi connectivity index (χ4v) is 4.34. The van der Waals surface area contributed by atoms with Crippen LogP contribution in [-0.4, -0.2) is 21.4 Å². The van der Waals surface area contributed by atoms with E-state index in [-0.39, 0.29) is 0 Å². The van der Waals surface area contributed by atoms with Crippen LogP contribution < -0.4 is 5.32 Å². The second kappa shape index (κ2) is 5.53. The summed E-state index contributed by atoms with van der Waals surface area (Å²) in [4.78, 5) is 8.74. The minimum absolute atomic E-state index is 0.333. The molecule has 1 aliphatic carbocycles. The molecule has 2 heterocycles. The first kappa shape index (κ1) is 13.0. The van der Waals surface area contributed by atoms with Crippen LogP contribution in [0.2, 0.25) is 0 Å². The molecule has 1 saturated heterocycles. The monoisotopic (exact) mass is 275 g/mol. The van der Waals surface area contributed by atoms with Gasteiger partial charge in [0.1, 0.15) is 0 Å². The molecule has 0 amide bonds. The van der Waals surface area contributed by atoms with Gasteiger partial charge in [0.25, 0.3) is 0 Å². The van der Waals surface area contributed by atoms with E-state index in [9.17, 15) is 0 Å². The number of pyridine rings is 1. The molecule has 0 radical (unpaired) electrons. The van der Waals surface area contributed by atoms with Gasteiger partial charge in [-0.2, -0.15) is 0 Å². The number of nitrogens with zero attached hydrogens (tertiary/aromatic N) is 2. The van der Waals surface area contributed by atoms with Crippen molar-refractivity contribution in [2.24, 2.45) is 10.9 Å². The molecule has 1 aromatic heterocycles. The van der Waals surface area contributed by atoms with Gasteiger partial charge in [0.15, 0.2) is 5.17 Å². The van der Waals surface area contributed by atoms with Gasteiger partial charge in [-0.25, -0.2) is 0 Å². The van der Waals surface area contributed by atoms with Crippen molar-refractivity contribution in [1.82, 2.24) is 10.3 Å². The summed E-state index contributed by atoms with van der Waals surface area (Å²) in [5.41, 5.74) is 1.56. The topological polar surface area (TPSA) is 37.3 Å². The molecule has 2 fully saturated rings. The third kappa shape index (κ3) is 3.11. The standard InChI is InChI=1S/C15H21N3S/c1-12-3-2-6-15(9-12)11-19-14(18-15)17-10-13-4-7-16-8-5-13/h4-5,7-8,12H,2-3,6,9-11H2,1H3,(H,17,18). The summed E-state index contributed by atoms with van der Waals surface area (Å²) in [6, 6.07) is 4.06. The van der Waals surface area contributed by atoms with Gasteiger partial charge >= 0.3 is 0 Å². The highest BCUT2D eigenvalue weighted by Gasteiger charge is 2.40. The average molecular weight is 275 g/mol. The van der Waals surface area contributed by atoms with Crippen LogP contribution in [0.15, 0.2) is 29.5 Å². The Morgan fingerprint density at radius 3 is 3.11 bits per heavy atom. The number of hydrogen-bond acceptors (Lipinski definition) is 3. The largest absolute Gasteiger partial charge is 0.359 e. The van der Waals surface area contributed by atoms with Crippen LogP contribution in [-0.2, 0) is 6.54 Å². The molecule has 3 nitrogen and oxygen atoms in total. The minimum Gasteiger partial charge on any atom is -0.359 e. The van der Waals surface area contributed by atoms with Gasteiger partial charge in [0, 0.05) is 23.7 Å². The molecule has 2 unspecified atom stereocenters. The number of aliphatic imine (C=N–C) groups is 1. The Hall–Kier alpha value is -1.03. The third-order valence-electron chi connectivity index (χ3n) is 4.10. The highest BCUT2D eigenvalue weighted by Crippen LogP contribution is 2.38. The molecular weight excluding hydrogens is 254 g/mol. The molecule has 1 saturated carbocycles. The Bertz CT molecular complexity index is 460. The van der Waals surface area contributed by atoms with Crippen molar-refractivity contribution in [2.45, 2.75) is 44.7 Å². The van der Waals surface area contributed by atoms with Crippen LogP contribution in [0.3, 0.4) is 0 Å². The predicted octanol–water partition coefficient (Wildman–Crippen LogP) is 3.22. The lowest BCUT2D eigenvalue weighted by Gasteiger charge is -2.36. The number of thioether (sulfide) groups is 1. The molecule has 1 N–H and O–H groups in total. The predicted molar refractivity (Wildman–Crippen MR) is 81.3 cm³/mol. The normalized spacial score (nSPS) is 32.7. The van der Waals surface area contributed by atoms with Crippen molar-refractivity contribution in [3.05, 3.63) is 30.1 Å². The maximum Gasteiger partial charge on any atom is 0.157 e. The zero-order valence-corrected chi connectivity index (χ0v) is 12.2. The summed E-state index contributed by atoms with van der Waals surface area (Å²) < 4.78 is 0. The lowest BCUT2D eigenvalue weighted by molar-refractivity contribution is 0.242. The molecular formula is C15H21N3S. The van der Waals surface area contributed by atoms with E-state index in [0.717, 1.165) is 17.6 Å². The van der Waals surface area contributed by atoms with Gasteiger partial charge in [-0.15, -0.1) is 0 Å². The number of aromatic nitrogens is 1. The van der Waals surface area contributed by atoms with Crippen molar-refractivity contribution in [1.29, 1.82) is 0 Å². The SMILES string of the molecule is CC1CCCC2(CSC(=NCc3ccncc3)N2)C1. The summed E-state index contributed by atoms with van der Waals surface area (Å²) in [7, 11) is 0. The van der Waals surface area contributed by atoms with Crippen LogP contribution >= 0.6 is 11.8 Å². The van der Waals surface area contributed by atoms with Gasteiger partial charge in [-0.3, -0.25) is 9.98 Å². The smallest absolute Gasteiger partial charge is 0.157 e. The molecule has 19 heavy (non-hydrogen) atoms. The van der Waals surface area contributed by atoms with Crippen LogP contribution in [0, 0.1) is 5.92 Å². The fourth-order valence-electron chi connectivity index (χ4n) is 3.15. The first-order valence-electron chi connectivity index (χ1n) is 7.10. The van der Waals surface area contributed by atoms with E-state index in [1.165, 1.54) is 37.0 Å². The van der Waals surface area contributed by atoms with E-state index in [4.69, 9.17) is 4.99 Å². The molecule has 0 aromatic carbocycles. The maximum absolute atomic E-state index is 4.71. The molecule has 2 atom stereocenters. The Morgan fingerprint density at radius 2 is 2.32 bits per heavy atom. The summed E-state index contributed by atoms with van der Waals surface area (Å²) in [6.45, 7) is 3.13. The van der Waals surface area contributed by atoms with Crippen LogP contribution in [0.4, 0.5) is 0 Å². The average Bonchev–Trinajstić information content (AvgIpc) is 2.80. The molecule has 1 aromatic rings. The number of amidine groups is 1. The zero-order chi connectivity index (χ0) is 13.1. The molecule has 0 bridgehead atoms. The van der Waals surface area contributed by atoms with Crippen molar-refractivity contribution >= 4 is 16.9 Å². The lowest BCUT2D eigenvalue weighted by atomic mass is 9.78.